The molecule has 8 heteroatoms. The zero-order valence-electron chi connectivity index (χ0n) is 18.6. The fourth-order valence-electron chi connectivity index (χ4n) is 4.56. The Labute approximate surface area is 186 Å². The third-order valence-electron chi connectivity index (χ3n) is 6.13. The first kappa shape index (κ1) is 22.2. The Morgan fingerprint density at radius 3 is 2.84 bits per heavy atom. The van der Waals surface area contributed by atoms with E-state index in [9.17, 15) is 18.8 Å². The number of rotatable bonds is 5. The van der Waals surface area contributed by atoms with Gasteiger partial charge >= 0.3 is 0 Å². The molecule has 32 heavy (non-hydrogen) atoms. The molecule has 2 aliphatic heterocycles. The Morgan fingerprint density at radius 2 is 2.09 bits per heavy atom. The number of benzene rings is 1. The maximum atomic E-state index is 13.6. The topological polar surface area (TPSA) is 84.3 Å². The summed E-state index contributed by atoms with van der Waals surface area (Å²) in [5.41, 5.74) is 1.40. The summed E-state index contributed by atoms with van der Waals surface area (Å²) in [5, 5.41) is 2.96. The van der Waals surface area contributed by atoms with Gasteiger partial charge in [-0.15, -0.1) is 0 Å². The molecule has 0 saturated heterocycles. The van der Waals surface area contributed by atoms with E-state index in [-0.39, 0.29) is 41.4 Å². The van der Waals surface area contributed by atoms with E-state index in [1.165, 1.54) is 18.2 Å². The van der Waals surface area contributed by atoms with E-state index >= 15 is 0 Å². The van der Waals surface area contributed by atoms with Crippen LogP contribution in [0.1, 0.15) is 66.6 Å². The monoisotopic (exact) mass is 440 g/mol. The highest BCUT2D eigenvalue weighted by Gasteiger charge is 2.30. The maximum absolute atomic E-state index is 13.6. The van der Waals surface area contributed by atoms with Crippen molar-refractivity contribution < 1.29 is 14.0 Å². The predicted octanol–water partition coefficient (Wildman–Crippen LogP) is 2.62. The zero-order valence-corrected chi connectivity index (χ0v) is 18.6. The third kappa shape index (κ3) is 4.59. The van der Waals surface area contributed by atoms with Crippen LogP contribution < -0.4 is 10.9 Å². The Hall–Kier alpha value is -3.03. The number of halogens is 1. The Kier molecular flexibility index (Phi) is 6.39. The molecule has 0 fully saturated rings. The Bertz CT molecular complexity index is 1100. The quantitative estimate of drug-likeness (QED) is 0.775. The summed E-state index contributed by atoms with van der Waals surface area (Å²) in [4.78, 5) is 44.8. The molecule has 3 heterocycles. The first-order chi connectivity index (χ1) is 15.3. The van der Waals surface area contributed by atoms with Crippen LogP contribution in [-0.2, 0) is 24.2 Å². The SMILES string of the molecule is CC(C)CC(=O)NC[C@H]1CCCc2nc3c(c(=O)n21)CN(C(=O)c1cccc(F)c1)CC3. The standard InChI is InChI=1S/C24H29FN4O3/c1-15(2)11-22(30)26-13-18-7-4-8-21-27-20-9-10-28(14-19(20)24(32)29(18)21)23(31)16-5-3-6-17(25)12-16/h3,5-6,12,15,18H,4,7-11,13-14H2,1-2H3,(H,26,30)/t18-/m1/s1. The minimum atomic E-state index is -0.466. The van der Waals surface area contributed by atoms with Crippen molar-refractivity contribution >= 4 is 11.8 Å². The van der Waals surface area contributed by atoms with Crippen LogP contribution in [0.5, 0.6) is 0 Å². The number of hydrogen-bond donors (Lipinski definition) is 1. The highest BCUT2D eigenvalue weighted by atomic mass is 19.1. The highest BCUT2D eigenvalue weighted by Crippen LogP contribution is 2.25. The van der Waals surface area contributed by atoms with Crippen molar-refractivity contribution in [3.05, 3.63) is 63.1 Å². The molecule has 0 bridgehead atoms. The fourth-order valence-corrected chi connectivity index (χ4v) is 4.56. The molecule has 1 N–H and O–H groups in total. The van der Waals surface area contributed by atoms with E-state index in [1.54, 1.807) is 15.5 Å². The average molecular weight is 441 g/mol. The molecule has 1 aromatic carbocycles. The van der Waals surface area contributed by atoms with E-state index in [2.05, 4.69) is 5.32 Å². The van der Waals surface area contributed by atoms with Gasteiger partial charge in [0.15, 0.2) is 0 Å². The van der Waals surface area contributed by atoms with Crippen LogP contribution in [0.4, 0.5) is 4.39 Å². The molecule has 1 aromatic heterocycles. The highest BCUT2D eigenvalue weighted by molar-refractivity contribution is 5.94. The number of nitrogens with zero attached hydrogens (tertiary/aromatic N) is 3. The van der Waals surface area contributed by atoms with Crippen LogP contribution in [0.25, 0.3) is 0 Å². The summed E-state index contributed by atoms with van der Waals surface area (Å²) in [5.74, 6) is 0.249. The predicted molar refractivity (Wildman–Crippen MR) is 118 cm³/mol. The van der Waals surface area contributed by atoms with Crippen molar-refractivity contribution in [3.63, 3.8) is 0 Å². The van der Waals surface area contributed by atoms with Gasteiger partial charge in [-0.3, -0.25) is 19.0 Å². The van der Waals surface area contributed by atoms with E-state index in [0.717, 1.165) is 30.8 Å². The summed E-state index contributed by atoms with van der Waals surface area (Å²) >= 11 is 0. The molecule has 0 unspecified atom stereocenters. The number of carbonyl (C=O) groups is 2. The molecule has 2 aliphatic rings. The number of nitrogens with one attached hydrogen (secondary N) is 1. The van der Waals surface area contributed by atoms with Crippen LogP contribution in [0.2, 0.25) is 0 Å². The molecule has 2 amide bonds. The van der Waals surface area contributed by atoms with Crippen LogP contribution in [-0.4, -0.2) is 39.4 Å². The van der Waals surface area contributed by atoms with Crippen LogP contribution in [0.15, 0.2) is 29.1 Å². The lowest BCUT2D eigenvalue weighted by molar-refractivity contribution is -0.121. The van der Waals surface area contributed by atoms with E-state index in [1.807, 2.05) is 13.8 Å². The maximum Gasteiger partial charge on any atom is 0.259 e. The van der Waals surface area contributed by atoms with Gasteiger partial charge in [-0.2, -0.15) is 0 Å². The van der Waals surface area contributed by atoms with Crippen molar-refractivity contribution in [1.29, 1.82) is 0 Å². The fraction of sp³-hybridized carbons (Fsp3) is 0.500. The van der Waals surface area contributed by atoms with Crippen LogP contribution in [0, 0.1) is 11.7 Å². The van der Waals surface area contributed by atoms with Crippen molar-refractivity contribution in [2.24, 2.45) is 5.92 Å². The number of aromatic nitrogens is 2. The minimum absolute atomic E-state index is 0.0158. The average Bonchev–Trinajstić information content (AvgIpc) is 2.76. The van der Waals surface area contributed by atoms with Crippen LogP contribution in [0.3, 0.4) is 0 Å². The molecular weight excluding hydrogens is 411 g/mol. The second-order valence-corrected chi connectivity index (χ2v) is 9.06. The molecule has 1 atom stereocenters. The summed E-state index contributed by atoms with van der Waals surface area (Å²) in [7, 11) is 0. The summed E-state index contributed by atoms with van der Waals surface area (Å²) in [6, 6.07) is 5.45. The Balaban J connectivity index is 1.57. The van der Waals surface area contributed by atoms with Gasteiger partial charge in [-0.25, -0.2) is 9.37 Å². The minimum Gasteiger partial charge on any atom is -0.354 e. The van der Waals surface area contributed by atoms with Crippen molar-refractivity contribution in [2.75, 3.05) is 13.1 Å². The van der Waals surface area contributed by atoms with Crippen molar-refractivity contribution in [2.45, 2.75) is 58.5 Å². The number of amides is 2. The zero-order chi connectivity index (χ0) is 22.8. The normalized spacial score (nSPS) is 17.6. The summed E-state index contributed by atoms with van der Waals surface area (Å²) < 4.78 is 15.3. The molecule has 170 valence electrons. The van der Waals surface area contributed by atoms with Crippen molar-refractivity contribution in [1.82, 2.24) is 19.8 Å². The molecule has 4 rings (SSSR count). The molecular formula is C24H29FN4O3. The van der Waals surface area contributed by atoms with Gasteiger partial charge in [-0.05, 0) is 37.0 Å². The van der Waals surface area contributed by atoms with Gasteiger partial charge in [-0.1, -0.05) is 19.9 Å². The van der Waals surface area contributed by atoms with Crippen LogP contribution >= 0.6 is 0 Å². The Morgan fingerprint density at radius 1 is 1.28 bits per heavy atom. The largest absolute Gasteiger partial charge is 0.354 e. The molecule has 0 saturated carbocycles. The number of hydrogen-bond acceptors (Lipinski definition) is 4. The van der Waals surface area contributed by atoms with E-state index in [0.29, 0.717) is 31.5 Å². The van der Waals surface area contributed by atoms with E-state index in [4.69, 9.17) is 4.98 Å². The number of aryl methyl sites for hydroxylation is 1. The molecule has 0 radical (unpaired) electrons. The van der Waals surface area contributed by atoms with Gasteiger partial charge in [0, 0.05) is 37.9 Å². The summed E-state index contributed by atoms with van der Waals surface area (Å²) in [6.45, 7) is 4.97. The lowest BCUT2D eigenvalue weighted by Gasteiger charge is -2.32. The van der Waals surface area contributed by atoms with Crippen molar-refractivity contribution in [3.8, 4) is 0 Å². The second-order valence-electron chi connectivity index (χ2n) is 9.06. The van der Waals surface area contributed by atoms with E-state index < -0.39 is 5.82 Å². The van der Waals surface area contributed by atoms with Gasteiger partial charge in [0.2, 0.25) is 5.91 Å². The molecule has 0 aliphatic carbocycles. The second kappa shape index (κ2) is 9.22. The lowest BCUT2D eigenvalue weighted by atomic mass is 10.00. The number of fused-ring (bicyclic) bond motifs is 2. The first-order valence-corrected chi connectivity index (χ1v) is 11.3. The summed E-state index contributed by atoms with van der Waals surface area (Å²) in [6.07, 6.45) is 3.38. The third-order valence-corrected chi connectivity index (χ3v) is 6.13. The lowest BCUT2D eigenvalue weighted by Crippen LogP contribution is -2.45. The van der Waals surface area contributed by atoms with Gasteiger partial charge < -0.3 is 10.2 Å². The van der Waals surface area contributed by atoms with Gasteiger partial charge in [0.05, 0.1) is 23.8 Å². The number of carbonyl (C=O) groups excluding carboxylic acids is 2. The van der Waals surface area contributed by atoms with Gasteiger partial charge in [0.25, 0.3) is 11.5 Å². The first-order valence-electron chi connectivity index (χ1n) is 11.3. The smallest absolute Gasteiger partial charge is 0.259 e. The molecule has 0 spiro atoms. The molecule has 2 aromatic rings. The molecule has 7 nitrogen and oxygen atoms in total. The van der Waals surface area contributed by atoms with Gasteiger partial charge in [0.1, 0.15) is 11.6 Å².